The second-order valence-electron chi connectivity index (χ2n) is 2.29. The molecule has 0 unspecified atom stereocenters. The lowest BCUT2D eigenvalue weighted by atomic mass is 10.1. The minimum absolute atomic E-state index is 0.101. The number of hydrogen-bond acceptors (Lipinski definition) is 1. The van der Waals surface area contributed by atoms with E-state index in [0.29, 0.717) is 0 Å². The standard InChI is InChI=1S/C7H11FO/c1-5(2)7(9)4-6(3)8/h4-5H,1-3H3/b6-4-. The molecule has 1 nitrogen and oxygen atoms in total. The van der Waals surface area contributed by atoms with Crippen LogP contribution in [0.2, 0.25) is 0 Å². The minimum atomic E-state index is -0.422. The Hall–Kier alpha value is -0.660. The molecule has 0 aromatic heterocycles. The predicted octanol–water partition coefficient (Wildman–Crippen LogP) is 2.08. The summed E-state index contributed by atoms with van der Waals surface area (Å²) in [5.74, 6) is -0.681. The van der Waals surface area contributed by atoms with Gasteiger partial charge in [-0.05, 0) is 6.92 Å². The van der Waals surface area contributed by atoms with Crippen LogP contribution in [0.5, 0.6) is 0 Å². The summed E-state index contributed by atoms with van der Waals surface area (Å²) in [6, 6.07) is 0. The topological polar surface area (TPSA) is 17.1 Å². The first-order valence-electron chi connectivity index (χ1n) is 2.91. The molecular formula is C7H11FO. The first-order valence-corrected chi connectivity index (χ1v) is 2.91. The van der Waals surface area contributed by atoms with Gasteiger partial charge in [0, 0.05) is 12.0 Å². The molecule has 0 radical (unpaired) electrons. The first-order chi connectivity index (χ1) is 4.04. The van der Waals surface area contributed by atoms with Crippen LogP contribution in [-0.2, 0) is 4.79 Å². The van der Waals surface area contributed by atoms with Gasteiger partial charge in [0.05, 0.1) is 0 Å². The van der Waals surface area contributed by atoms with Crippen LogP contribution in [0.1, 0.15) is 20.8 Å². The maximum Gasteiger partial charge on any atom is 0.160 e. The van der Waals surface area contributed by atoms with E-state index in [2.05, 4.69) is 0 Å². The molecule has 0 fully saturated rings. The molecular weight excluding hydrogens is 119 g/mol. The van der Waals surface area contributed by atoms with E-state index in [1.807, 2.05) is 0 Å². The normalized spacial score (nSPS) is 12.3. The van der Waals surface area contributed by atoms with E-state index in [9.17, 15) is 9.18 Å². The van der Waals surface area contributed by atoms with Gasteiger partial charge in [-0.15, -0.1) is 0 Å². The first kappa shape index (κ1) is 8.34. The second-order valence-corrected chi connectivity index (χ2v) is 2.29. The van der Waals surface area contributed by atoms with Gasteiger partial charge in [0.25, 0.3) is 0 Å². The largest absolute Gasteiger partial charge is 0.294 e. The average Bonchev–Trinajstić information content (AvgIpc) is 1.63. The molecule has 0 amide bonds. The van der Waals surface area contributed by atoms with Crippen LogP contribution >= 0.6 is 0 Å². The van der Waals surface area contributed by atoms with Crippen LogP contribution in [0.4, 0.5) is 4.39 Å². The van der Waals surface area contributed by atoms with E-state index in [4.69, 9.17) is 0 Å². The third-order valence-corrected chi connectivity index (χ3v) is 0.910. The molecule has 0 aliphatic heterocycles. The highest BCUT2D eigenvalue weighted by Crippen LogP contribution is 2.00. The van der Waals surface area contributed by atoms with Crippen LogP contribution < -0.4 is 0 Å². The van der Waals surface area contributed by atoms with Crippen molar-refractivity contribution in [1.82, 2.24) is 0 Å². The molecule has 0 heterocycles. The molecule has 0 aromatic rings. The van der Waals surface area contributed by atoms with Crippen molar-refractivity contribution < 1.29 is 9.18 Å². The van der Waals surface area contributed by atoms with Gasteiger partial charge >= 0.3 is 0 Å². The van der Waals surface area contributed by atoms with Gasteiger partial charge in [-0.2, -0.15) is 0 Å². The summed E-state index contributed by atoms with van der Waals surface area (Å²) in [5.41, 5.74) is 0. The van der Waals surface area contributed by atoms with Crippen molar-refractivity contribution in [2.24, 2.45) is 5.92 Å². The Morgan fingerprint density at radius 1 is 1.56 bits per heavy atom. The van der Waals surface area contributed by atoms with Gasteiger partial charge in [-0.1, -0.05) is 13.8 Å². The Morgan fingerprint density at radius 2 is 2.00 bits per heavy atom. The van der Waals surface area contributed by atoms with E-state index < -0.39 is 5.83 Å². The molecule has 0 atom stereocenters. The third-order valence-electron chi connectivity index (χ3n) is 0.910. The maximum atomic E-state index is 12.0. The van der Waals surface area contributed by atoms with Crippen molar-refractivity contribution in [2.45, 2.75) is 20.8 Å². The Morgan fingerprint density at radius 3 is 2.11 bits per heavy atom. The lowest BCUT2D eigenvalue weighted by molar-refractivity contribution is -0.117. The fraction of sp³-hybridized carbons (Fsp3) is 0.571. The Balaban J connectivity index is 3.93. The van der Waals surface area contributed by atoms with Crippen molar-refractivity contribution in [1.29, 1.82) is 0 Å². The number of rotatable bonds is 2. The summed E-state index contributed by atoms with van der Waals surface area (Å²) in [4.78, 5) is 10.6. The van der Waals surface area contributed by atoms with Gasteiger partial charge in [-0.3, -0.25) is 4.79 Å². The third kappa shape index (κ3) is 3.88. The van der Waals surface area contributed by atoms with Crippen LogP contribution in [0, 0.1) is 5.92 Å². The van der Waals surface area contributed by atoms with Gasteiger partial charge in [-0.25, -0.2) is 4.39 Å². The summed E-state index contributed by atoms with van der Waals surface area (Å²) >= 11 is 0. The van der Waals surface area contributed by atoms with Crippen molar-refractivity contribution >= 4 is 5.78 Å². The smallest absolute Gasteiger partial charge is 0.160 e. The van der Waals surface area contributed by atoms with Gasteiger partial charge in [0.1, 0.15) is 5.83 Å². The van der Waals surface area contributed by atoms with E-state index in [-0.39, 0.29) is 11.7 Å². The van der Waals surface area contributed by atoms with E-state index in [1.165, 1.54) is 6.92 Å². The highest BCUT2D eigenvalue weighted by molar-refractivity contribution is 5.91. The quantitative estimate of drug-likeness (QED) is 0.523. The van der Waals surface area contributed by atoms with Crippen LogP contribution in [0.15, 0.2) is 11.9 Å². The fourth-order valence-corrected chi connectivity index (χ4v) is 0.363. The Labute approximate surface area is 54.6 Å². The SMILES string of the molecule is C/C(F)=C/C(=O)C(C)C. The highest BCUT2D eigenvalue weighted by atomic mass is 19.1. The number of carbonyl (C=O) groups excluding carboxylic acids is 1. The molecule has 0 rings (SSSR count). The molecule has 0 saturated carbocycles. The molecule has 0 bridgehead atoms. The van der Waals surface area contributed by atoms with Gasteiger partial charge < -0.3 is 0 Å². The van der Waals surface area contributed by atoms with E-state index >= 15 is 0 Å². The van der Waals surface area contributed by atoms with Crippen LogP contribution in [0.25, 0.3) is 0 Å². The van der Waals surface area contributed by atoms with Crippen molar-refractivity contribution in [3.8, 4) is 0 Å². The molecule has 0 aliphatic carbocycles. The summed E-state index contributed by atoms with van der Waals surface area (Å²) in [6.45, 7) is 4.74. The molecule has 9 heavy (non-hydrogen) atoms. The van der Waals surface area contributed by atoms with Crippen molar-refractivity contribution in [3.05, 3.63) is 11.9 Å². The zero-order valence-corrected chi connectivity index (χ0v) is 5.94. The zero-order valence-electron chi connectivity index (χ0n) is 5.94. The lowest BCUT2D eigenvalue weighted by Gasteiger charge is -1.94. The summed E-state index contributed by atoms with van der Waals surface area (Å²) in [7, 11) is 0. The lowest BCUT2D eigenvalue weighted by Crippen LogP contribution is -2.02. The summed E-state index contributed by atoms with van der Waals surface area (Å²) < 4.78 is 12.0. The average molecular weight is 130 g/mol. The van der Waals surface area contributed by atoms with Crippen LogP contribution in [-0.4, -0.2) is 5.78 Å². The predicted molar refractivity (Wildman–Crippen MR) is 34.7 cm³/mol. The molecule has 0 spiro atoms. The number of halogens is 1. The number of ketones is 1. The number of allylic oxidation sites excluding steroid dienone is 2. The monoisotopic (exact) mass is 130 g/mol. The fourth-order valence-electron chi connectivity index (χ4n) is 0.363. The second kappa shape index (κ2) is 3.38. The molecule has 0 aliphatic rings. The van der Waals surface area contributed by atoms with Crippen molar-refractivity contribution in [2.75, 3.05) is 0 Å². The van der Waals surface area contributed by atoms with Crippen molar-refractivity contribution in [3.63, 3.8) is 0 Å². The van der Waals surface area contributed by atoms with Gasteiger partial charge in [0.15, 0.2) is 5.78 Å². The number of carbonyl (C=O) groups is 1. The number of hydrogen-bond donors (Lipinski definition) is 0. The molecule has 0 saturated heterocycles. The van der Waals surface area contributed by atoms with E-state index in [1.54, 1.807) is 13.8 Å². The van der Waals surface area contributed by atoms with Crippen LogP contribution in [0.3, 0.4) is 0 Å². The zero-order chi connectivity index (χ0) is 7.44. The minimum Gasteiger partial charge on any atom is -0.294 e. The Kier molecular flexibility index (Phi) is 3.13. The molecule has 0 aromatic carbocycles. The van der Waals surface area contributed by atoms with Gasteiger partial charge in [0.2, 0.25) is 0 Å². The highest BCUT2D eigenvalue weighted by Gasteiger charge is 2.02. The molecule has 2 heteroatoms. The summed E-state index contributed by atoms with van der Waals surface area (Å²) in [5, 5.41) is 0. The summed E-state index contributed by atoms with van der Waals surface area (Å²) in [6.07, 6.45) is 1.02. The molecule has 52 valence electrons. The molecule has 0 N–H and O–H groups in total. The maximum absolute atomic E-state index is 12.0. The van der Waals surface area contributed by atoms with E-state index in [0.717, 1.165) is 6.08 Å². The Bertz CT molecular complexity index is 132.